The fourth-order valence-corrected chi connectivity index (χ4v) is 3.87. The summed E-state index contributed by atoms with van der Waals surface area (Å²) in [7, 11) is 0. The quantitative estimate of drug-likeness (QED) is 0.427. The molecule has 1 N–H and O–H groups in total. The first-order chi connectivity index (χ1) is 14.5. The maximum absolute atomic E-state index is 12.4. The second kappa shape index (κ2) is 9.08. The molecule has 1 amide bonds. The van der Waals surface area contributed by atoms with Crippen molar-refractivity contribution in [1.29, 1.82) is 0 Å². The molecule has 1 saturated carbocycles. The number of rotatable bonds is 5. The number of nitrogens with one attached hydrogen (secondary N) is 1. The summed E-state index contributed by atoms with van der Waals surface area (Å²) in [6.45, 7) is 6.06. The summed E-state index contributed by atoms with van der Waals surface area (Å²) in [5, 5.41) is 8.30. The van der Waals surface area contributed by atoms with Crippen LogP contribution in [-0.4, -0.2) is 44.9 Å². The van der Waals surface area contributed by atoms with Gasteiger partial charge in [0.1, 0.15) is 0 Å². The number of carbonyl (C=O) groups is 1. The summed E-state index contributed by atoms with van der Waals surface area (Å²) < 4.78 is 1.81. The topological polar surface area (TPSA) is 62.5 Å². The summed E-state index contributed by atoms with van der Waals surface area (Å²) in [5.74, 6) is -0.00410. The van der Waals surface area contributed by atoms with Crippen LogP contribution in [0, 0.1) is 6.92 Å². The fourth-order valence-electron chi connectivity index (χ4n) is 3.61. The van der Waals surface area contributed by atoms with Gasteiger partial charge in [-0.15, -0.1) is 12.6 Å². The molecule has 4 rings (SSSR count). The monoisotopic (exact) mass is 423 g/mol. The van der Waals surface area contributed by atoms with E-state index in [0.717, 1.165) is 53.5 Å². The molecular formula is C23H29N5OS. The maximum atomic E-state index is 12.4. The Morgan fingerprint density at radius 2 is 2.03 bits per heavy atom. The van der Waals surface area contributed by atoms with E-state index in [1.54, 1.807) is 6.20 Å². The Kier molecular flexibility index (Phi) is 6.27. The van der Waals surface area contributed by atoms with E-state index in [0.29, 0.717) is 11.6 Å². The largest absolute Gasteiger partial charge is 0.351 e. The number of aliphatic imine (C=N–C) groups is 1. The van der Waals surface area contributed by atoms with Gasteiger partial charge in [0.25, 0.3) is 5.91 Å². The summed E-state index contributed by atoms with van der Waals surface area (Å²) in [4.78, 5) is 19.2. The van der Waals surface area contributed by atoms with Crippen molar-refractivity contribution in [2.75, 3.05) is 13.1 Å². The van der Waals surface area contributed by atoms with Gasteiger partial charge in [-0.3, -0.25) is 4.79 Å². The number of amidine groups is 1. The molecule has 1 aliphatic carbocycles. The number of piperidine rings is 1. The van der Waals surface area contributed by atoms with Gasteiger partial charge in [0, 0.05) is 36.5 Å². The van der Waals surface area contributed by atoms with Crippen LogP contribution in [0.3, 0.4) is 0 Å². The first-order valence-corrected chi connectivity index (χ1v) is 11.1. The van der Waals surface area contributed by atoms with Gasteiger partial charge in [-0.1, -0.05) is 6.07 Å². The number of benzene rings is 1. The third-order valence-electron chi connectivity index (χ3n) is 5.67. The molecule has 2 heterocycles. The minimum Gasteiger partial charge on any atom is -0.351 e. The lowest BCUT2D eigenvalue weighted by Gasteiger charge is -2.27. The molecular weight excluding hydrogens is 394 g/mol. The number of likely N-dealkylation sites (tertiary alicyclic amines) is 1. The standard InChI is InChI=1S/C23H29N5OS/c1-16-6-7-18(22(29)26-20-8-9-20)12-21(16)19-14-25-28(15-19)17(2)13-24-23(30)27-10-4-3-5-11-27/h6-7,12-15,20H,3-5,8-11H2,1-2H3,(H,24,30)(H,26,29)/b17-13+. The number of nitrogens with zero attached hydrogens (tertiary/aromatic N) is 4. The third-order valence-corrected chi connectivity index (χ3v) is 6.07. The number of hydrogen-bond acceptors (Lipinski definition) is 3. The average molecular weight is 424 g/mol. The molecule has 0 bridgehead atoms. The molecule has 1 aromatic carbocycles. The number of hydrogen-bond donors (Lipinski definition) is 2. The van der Waals surface area contributed by atoms with Crippen LogP contribution in [0.5, 0.6) is 0 Å². The minimum atomic E-state index is -0.00410. The van der Waals surface area contributed by atoms with Crippen molar-refractivity contribution in [3.05, 3.63) is 47.9 Å². The predicted molar refractivity (Wildman–Crippen MR) is 125 cm³/mol. The zero-order valence-electron chi connectivity index (χ0n) is 17.6. The van der Waals surface area contributed by atoms with E-state index < -0.39 is 0 Å². The van der Waals surface area contributed by atoms with Crippen LogP contribution >= 0.6 is 12.6 Å². The van der Waals surface area contributed by atoms with Crippen molar-refractivity contribution in [3.63, 3.8) is 0 Å². The van der Waals surface area contributed by atoms with Crippen LogP contribution in [0.25, 0.3) is 16.8 Å². The Bertz CT molecular complexity index is 983. The van der Waals surface area contributed by atoms with Crippen LogP contribution in [0.1, 0.15) is 54.9 Å². The lowest BCUT2D eigenvalue weighted by atomic mass is 10.0. The highest BCUT2D eigenvalue weighted by Gasteiger charge is 2.24. The highest BCUT2D eigenvalue weighted by atomic mass is 32.1. The number of carbonyl (C=O) groups excluding carboxylic acids is 1. The Balaban J connectivity index is 1.51. The van der Waals surface area contributed by atoms with Crippen LogP contribution in [0.4, 0.5) is 0 Å². The SMILES string of the molecule is C/C(=C\N=C(/S)N1CCCCC1)n1cc(-c2cc(C(=O)NC3CC3)ccc2C)cn1. The van der Waals surface area contributed by atoms with Gasteiger partial charge in [0.15, 0.2) is 5.17 Å². The van der Waals surface area contributed by atoms with E-state index in [-0.39, 0.29) is 5.91 Å². The van der Waals surface area contributed by atoms with E-state index in [4.69, 9.17) is 0 Å². The first-order valence-electron chi connectivity index (χ1n) is 10.7. The van der Waals surface area contributed by atoms with Gasteiger partial charge >= 0.3 is 0 Å². The average Bonchev–Trinajstić information content (AvgIpc) is 3.44. The van der Waals surface area contributed by atoms with Crippen molar-refractivity contribution in [2.24, 2.45) is 4.99 Å². The predicted octanol–water partition coefficient (Wildman–Crippen LogP) is 4.34. The molecule has 0 unspecified atom stereocenters. The number of thiol groups is 1. The molecule has 6 nitrogen and oxygen atoms in total. The maximum Gasteiger partial charge on any atom is 0.251 e. The van der Waals surface area contributed by atoms with Crippen molar-refractivity contribution < 1.29 is 4.79 Å². The molecule has 0 atom stereocenters. The van der Waals surface area contributed by atoms with Gasteiger partial charge in [-0.2, -0.15) is 5.10 Å². The molecule has 0 radical (unpaired) electrons. The highest BCUT2D eigenvalue weighted by molar-refractivity contribution is 7.96. The van der Waals surface area contributed by atoms with Gasteiger partial charge in [-0.25, -0.2) is 9.67 Å². The van der Waals surface area contributed by atoms with Crippen LogP contribution in [-0.2, 0) is 0 Å². The molecule has 1 aliphatic heterocycles. The number of amides is 1. The van der Waals surface area contributed by atoms with E-state index >= 15 is 0 Å². The van der Waals surface area contributed by atoms with Crippen molar-refractivity contribution in [1.82, 2.24) is 20.0 Å². The molecule has 2 aromatic rings. The Hall–Kier alpha value is -2.54. The number of allylic oxidation sites excluding steroid dienone is 1. The zero-order chi connectivity index (χ0) is 21.1. The normalized spacial score (nSPS) is 17.9. The van der Waals surface area contributed by atoms with Gasteiger partial charge < -0.3 is 10.2 Å². The summed E-state index contributed by atoms with van der Waals surface area (Å²) >= 11 is 4.56. The van der Waals surface area contributed by atoms with E-state index in [1.807, 2.05) is 49.1 Å². The van der Waals surface area contributed by atoms with Gasteiger partial charge in [0.2, 0.25) is 0 Å². The van der Waals surface area contributed by atoms with Gasteiger partial charge in [-0.05, 0) is 69.2 Å². The lowest BCUT2D eigenvalue weighted by molar-refractivity contribution is 0.0951. The molecule has 1 saturated heterocycles. The summed E-state index contributed by atoms with van der Waals surface area (Å²) in [5.41, 5.74) is 4.70. The van der Waals surface area contributed by atoms with Gasteiger partial charge in [0.05, 0.1) is 18.1 Å². The molecule has 1 aromatic heterocycles. The van der Waals surface area contributed by atoms with E-state index in [9.17, 15) is 4.79 Å². The number of aryl methyl sites for hydroxylation is 1. The summed E-state index contributed by atoms with van der Waals surface area (Å²) in [6.07, 6.45) is 11.5. The van der Waals surface area contributed by atoms with E-state index in [2.05, 4.69) is 32.9 Å². The number of aromatic nitrogens is 2. The van der Waals surface area contributed by atoms with Crippen LogP contribution < -0.4 is 5.32 Å². The molecule has 7 heteroatoms. The highest BCUT2D eigenvalue weighted by Crippen LogP contribution is 2.26. The molecule has 0 spiro atoms. The second-order valence-electron chi connectivity index (χ2n) is 8.20. The Morgan fingerprint density at radius 1 is 1.27 bits per heavy atom. The summed E-state index contributed by atoms with van der Waals surface area (Å²) in [6, 6.07) is 6.18. The molecule has 30 heavy (non-hydrogen) atoms. The minimum absolute atomic E-state index is 0.00410. The second-order valence-corrected chi connectivity index (χ2v) is 8.60. The molecule has 2 aliphatic rings. The fraction of sp³-hybridized carbons (Fsp3) is 0.435. The first kappa shape index (κ1) is 20.7. The van der Waals surface area contributed by atoms with Crippen molar-refractivity contribution >= 4 is 29.4 Å². The van der Waals surface area contributed by atoms with Crippen LogP contribution in [0.2, 0.25) is 0 Å². The smallest absolute Gasteiger partial charge is 0.251 e. The van der Waals surface area contributed by atoms with Crippen molar-refractivity contribution in [2.45, 2.75) is 52.0 Å². The van der Waals surface area contributed by atoms with Crippen LogP contribution in [0.15, 0.2) is 41.8 Å². The Labute approximate surface area is 183 Å². The molecule has 2 fully saturated rings. The molecule has 158 valence electrons. The Morgan fingerprint density at radius 3 is 2.77 bits per heavy atom. The third kappa shape index (κ3) is 4.95. The van der Waals surface area contributed by atoms with E-state index in [1.165, 1.54) is 19.3 Å². The zero-order valence-corrected chi connectivity index (χ0v) is 18.5. The van der Waals surface area contributed by atoms with Crippen molar-refractivity contribution in [3.8, 4) is 11.1 Å². The lowest BCUT2D eigenvalue weighted by Crippen LogP contribution is -2.32.